The van der Waals surface area contributed by atoms with Crippen LogP contribution in [-0.4, -0.2) is 29.2 Å². The topological polar surface area (TPSA) is 93.9 Å². The van der Waals surface area contributed by atoms with Crippen molar-refractivity contribution in [2.45, 2.75) is 12.8 Å². The zero-order chi connectivity index (χ0) is 20.1. The van der Waals surface area contributed by atoms with Gasteiger partial charge in [0, 0.05) is 24.5 Å². The van der Waals surface area contributed by atoms with Crippen molar-refractivity contribution in [2.75, 3.05) is 28.6 Å². The van der Waals surface area contributed by atoms with E-state index < -0.39 is 5.91 Å². The van der Waals surface area contributed by atoms with Gasteiger partial charge in [0.1, 0.15) is 6.07 Å². The van der Waals surface area contributed by atoms with Gasteiger partial charge in [0.2, 0.25) is 0 Å². The van der Waals surface area contributed by atoms with Crippen LogP contribution in [0.25, 0.3) is 0 Å². The predicted octanol–water partition coefficient (Wildman–Crippen LogP) is 3.94. The van der Waals surface area contributed by atoms with Crippen LogP contribution in [-0.2, 0) is 0 Å². The zero-order valence-corrected chi connectivity index (χ0v) is 15.8. The number of carbonyl (C=O) groups is 1. The van der Waals surface area contributed by atoms with Gasteiger partial charge in [-0.05, 0) is 61.4 Å². The van der Waals surface area contributed by atoms with Crippen LogP contribution in [0.3, 0.4) is 0 Å². The van der Waals surface area contributed by atoms with Crippen LogP contribution in [0, 0.1) is 11.3 Å². The Kier molecular flexibility index (Phi) is 5.34. The maximum absolute atomic E-state index is 12.4. The molecule has 2 heterocycles. The molecule has 0 spiro atoms. The summed E-state index contributed by atoms with van der Waals surface area (Å²) in [6, 6.07) is 20.4. The van der Waals surface area contributed by atoms with E-state index in [0.717, 1.165) is 18.8 Å². The molecule has 1 aliphatic rings. The maximum atomic E-state index is 12.4. The van der Waals surface area contributed by atoms with Gasteiger partial charge >= 0.3 is 0 Å². The third-order valence-corrected chi connectivity index (χ3v) is 4.80. The van der Waals surface area contributed by atoms with Crippen molar-refractivity contribution in [1.29, 1.82) is 5.26 Å². The molecule has 1 aromatic heterocycles. The van der Waals surface area contributed by atoms with Gasteiger partial charge in [0.05, 0.1) is 11.3 Å². The molecule has 2 aromatic carbocycles. The number of nitriles is 1. The normalized spacial score (nSPS) is 13.0. The lowest BCUT2D eigenvalue weighted by Gasteiger charge is -2.17. The Hall–Kier alpha value is -3.92. The van der Waals surface area contributed by atoms with E-state index in [1.165, 1.54) is 18.5 Å². The molecule has 1 aliphatic heterocycles. The van der Waals surface area contributed by atoms with Crippen molar-refractivity contribution in [2.24, 2.45) is 0 Å². The first-order valence-corrected chi connectivity index (χ1v) is 9.49. The number of para-hydroxylation sites is 1. The fraction of sp³-hybridized carbons (Fsp3) is 0.182. The van der Waals surface area contributed by atoms with Crippen LogP contribution in [0.4, 0.5) is 22.9 Å². The number of benzene rings is 2. The molecule has 7 heteroatoms. The summed E-state index contributed by atoms with van der Waals surface area (Å²) in [4.78, 5) is 14.7. The van der Waals surface area contributed by atoms with Gasteiger partial charge in [-0.2, -0.15) is 5.26 Å². The van der Waals surface area contributed by atoms with Crippen molar-refractivity contribution in [3.63, 3.8) is 0 Å². The van der Waals surface area contributed by atoms with Crippen molar-refractivity contribution in [3.8, 4) is 6.07 Å². The SMILES string of the molecule is N#Cc1ccccc1NC(=O)c1ccc(Nc2ccc(N3CCCC3)cc2)nn1. The van der Waals surface area contributed by atoms with Gasteiger partial charge in [-0.15, -0.1) is 10.2 Å². The number of amides is 1. The van der Waals surface area contributed by atoms with Gasteiger partial charge in [-0.3, -0.25) is 4.79 Å². The van der Waals surface area contributed by atoms with E-state index in [2.05, 4.69) is 37.9 Å². The van der Waals surface area contributed by atoms with Crippen LogP contribution in [0.5, 0.6) is 0 Å². The monoisotopic (exact) mass is 384 g/mol. The largest absolute Gasteiger partial charge is 0.372 e. The molecule has 29 heavy (non-hydrogen) atoms. The standard InChI is InChI=1S/C22H20N6O/c23-15-16-5-1-2-6-19(16)25-22(29)20-11-12-21(27-26-20)24-17-7-9-18(10-8-17)28-13-3-4-14-28/h1-2,5-12H,3-4,13-14H2,(H,24,27)(H,25,29). The minimum absolute atomic E-state index is 0.174. The summed E-state index contributed by atoms with van der Waals surface area (Å²) in [7, 11) is 0. The van der Waals surface area contributed by atoms with Gasteiger partial charge in [0.25, 0.3) is 5.91 Å². The molecule has 0 atom stereocenters. The van der Waals surface area contributed by atoms with E-state index >= 15 is 0 Å². The maximum Gasteiger partial charge on any atom is 0.276 e. The average molecular weight is 384 g/mol. The van der Waals surface area contributed by atoms with Crippen molar-refractivity contribution in [1.82, 2.24) is 10.2 Å². The number of rotatable bonds is 5. The molecule has 0 unspecified atom stereocenters. The molecule has 1 saturated heterocycles. The third-order valence-electron chi connectivity index (χ3n) is 4.80. The lowest BCUT2D eigenvalue weighted by Crippen LogP contribution is -2.17. The number of hydrogen-bond acceptors (Lipinski definition) is 6. The fourth-order valence-electron chi connectivity index (χ4n) is 3.27. The van der Waals surface area contributed by atoms with E-state index in [-0.39, 0.29) is 5.69 Å². The molecule has 144 valence electrons. The summed E-state index contributed by atoms with van der Waals surface area (Å²) in [6.45, 7) is 2.22. The fourth-order valence-corrected chi connectivity index (χ4v) is 3.27. The first-order chi connectivity index (χ1) is 14.2. The Balaban J connectivity index is 1.40. The van der Waals surface area contributed by atoms with Crippen molar-refractivity contribution >= 4 is 28.8 Å². The number of hydrogen-bond donors (Lipinski definition) is 2. The first kappa shape index (κ1) is 18.4. The Labute approximate surface area is 169 Å². The van der Waals surface area contributed by atoms with Crippen molar-refractivity contribution in [3.05, 3.63) is 71.9 Å². The van der Waals surface area contributed by atoms with Gasteiger partial charge in [0.15, 0.2) is 11.5 Å². The van der Waals surface area contributed by atoms with E-state index in [1.54, 1.807) is 36.4 Å². The molecule has 3 aromatic rings. The van der Waals surface area contributed by atoms with E-state index in [9.17, 15) is 4.79 Å². The summed E-state index contributed by atoms with van der Waals surface area (Å²) >= 11 is 0. The minimum Gasteiger partial charge on any atom is -0.372 e. The molecule has 0 bridgehead atoms. The lowest BCUT2D eigenvalue weighted by molar-refractivity contribution is 0.102. The highest BCUT2D eigenvalue weighted by Crippen LogP contribution is 2.23. The van der Waals surface area contributed by atoms with Crippen LogP contribution in [0.2, 0.25) is 0 Å². The second-order valence-electron chi connectivity index (χ2n) is 6.78. The van der Waals surface area contributed by atoms with Crippen LogP contribution in [0.1, 0.15) is 28.9 Å². The Morgan fingerprint density at radius 1 is 0.966 bits per heavy atom. The Morgan fingerprint density at radius 3 is 2.41 bits per heavy atom. The number of nitrogens with one attached hydrogen (secondary N) is 2. The molecule has 4 rings (SSSR count). The van der Waals surface area contributed by atoms with Gasteiger partial charge < -0.3 is 15.5 Å². The molecular formula is C22H20N6O. The van der Waals surface area contributed by atoms with Crippen molar-refractivity contribution < 1.29 is 4.79 Å². The summed E-state index contributed by atoms with van der Waals surface area (Å²) in [5.74, 6) is 0.134. The number of nitrogens with zero attached hydrogens (tertiary/aromatic N) is 4. The third kappa shape index (κ3) is 4.33. The summed E-state index contributed by atoms with van der Waals surface area (Å²) < 4.78 is 0. The lowest BCUT2D eigenvalue weighted by atomic mass is 10.2. The zero-order valence-electron chi connectivity index (χ0n) is 15.8. The molecule has 0 radical (unpaired) electrons. The number of anilines is 4. The molecule has 2 N–H and O–H groups in total. The quantitative estimate of drug-likeness (QED) is 0.692. The highest BCUT2D eigenvalue weighted by molar-refractivity contribution is 6.03. The van der Waals surface area contributed by atoms with Gasteiger partial charge in [-0.25, -0.2) is 0 Å². The van der Waals surface area contributed by atoms with Crippen LogP contribution in [0.15, 0.2) is 60.7 Å². The molecular weight excluding hydrogens is 364 g/mol. The molecule has 0 aliphatic carbocycles. The summed E-state index contributed by atoms with van der Waals surface area (Å²) in [6.07, 6.45) is 2.50. The number of carbonyl (C=O) groups excluding carboxylic acids is 1. The molecule has 1 fully saturated rings. The number of aromatic nitrogens is 2. The highest BCUT2D eigenvalue weighted by atomic mass is 16.1. The second kappa shape index (κ2) is 8.40. The van der Waals surface area contributed by atoms with E-state index in [0.29, 0.717) is 17.1 Å². The van der Waals surface area contributed by atoms with E-state index in [1.807, 2.05) is 18.2 Å². The summed E-state index contributed by atoms with van der Waals surface area (Å²) in [5, 5.41) is 23.1. The highest BCUT2D eigenvalue weighted by Gasteiger charge is 2.13. The summed E-state index contributed by atoms with van der Waals surface area (Å²) in [5.41, 5.74) is 3.14. The van der Waals surface area contributed by atoms with Crippen LogP contribution >= 0.6 is 0 Å². The first-order valence-electron chi connectivity index (χ1n) is 9.49. The van der Waals surface area contributed by atoms with E-state index in [4.69, 9.17) is 5.26 Å². The van der Waals surface area contributed by atoms with Gasteiger partial charge in [-0.1, -0.05) is 12.1 Å². The predicted molar refractivity (Wildman–Crippen MR) is 112 cm³/mol. The minimum atomic E-state index is -0.415. The average Bonchev–Trinajstić information content (AvgIpc) is 3.30. The molecule has 0 saturated carbocycles. The Morgan fingerprint density at radius 2 is 1.72 bits per heavy atom. The molecule has 7 nitrogen and oxygen atoms in total. The molecule has 1 amide bonds. The Bertz CT molecular complexity index is 1030. The second-order valence-corrected chi connectivity index (χ2v) is 6.78. The smallest absolute Gasteiger partial charge is 0.276 e. The van der Waals surface area contributed by atoms with Crippen LogP contribution < -0.4 is 15.5 Å².